The minimum atomic E-state index is -0.209. The molecule has 2 rings (SSSR count). The number of halogens is 1. The molecule has 0 fully saturated rings. The van der Waals surface area contributed by atoms with Gasteiger partial charge in [-0.05, 0) is 38.5 Å². The van der Waals surface area contributed by atoms with Crippen LogP contribution in [0.25, 0.3) is 0 Å². The number of nitrogens with two attached hydrogens (primary N) is 1. The second kappa shape index (κ2) is 11.1. The molecular formula is C21H31IN4O2. The molecule has 0 heterocycles. The molecule has 2 aromatic rings. The van der Waals surface area contributed by atoms with Crippen LogP contribution in [0.4, 0.5) is 5.69 Å². The maximum Gasteiger partial charge on any atom is 0.193 e. The third-order valence-electron chi connectivity index (χ3n) is 4.21. The lowest BCUT2D eigenvalue weighted by Gasteiger charge is -2.29. The quantitative estimate of drug-likeness (QED) is 0.289. The number of guanidine groups is 1. The van der Waals surface area contributed by atoms with Gasteiger partial charge < -0.3 is 25.8 Å². The van der Waals surface area contributed by atoms with Crippen LogP contribution < -0.4 is 25.8 Å². The number of aliphatic imine (C=N–C) groups is 1. The Labute approximate surface area is 184 Å². The van der Waals surface area contributed by atoms with Gasteiger partial charge in [0.15, 0.2) is 17.5 Å². The Hall–Kier alpha value is -2.00. The SMILES string of the molecule is COc1ccc(NC(N)=NCC(C)(C)NC(C)c2ccccc2)cc1OC.I. The summed E-state index contributed by atoms with van der Waals surface area (Å²) in [6.07, 6.45) is 0. The van der Waals surface area contributed by atoms with Gasteiger partial charge in [0.2, 0.25) is 0 Å². The molecule has 0 aromatic heterocycles. The Bertz CT molecular complexity index is 766. The van der Waals surface area contributed by atoms with Crippen molar-refractivity contribution in [3.05, 3.63) is 54.1 Å². The first-order valence-corrected chi connectivity index (χ1v) is 8.96. The zero-order valence-corrected chi connectivity index (χ0v) is 19.5. The number of methoxy groups -OCH3 is 2. The monoisotopic (exact) mass is 498 g/mol. The topological polar surface area (TPSA) is 80.9 Å². The Balaban J connectivity index is 0.00000392. The molecule has 0 aliphatic carbocycles. The highest BCUT2D eigenvalue weighted by molar-refractivity contribution is 14.0. The van der Waals surface area contributed by atoms with Crippen LogP contribution in [0.15, 0.2) is 53.5 Å². The summed E-state index contributed by atoms with van der Waals surface area (Å²) in [5, 5.41) is 6.69. The summed E-state index contributed by atoms with van der Waals surface area (Å²) in [7, 11) is 3.20. The van der Waals surface area contributed by atoms with Crippen LogP contribution >= 0.6 is 24.0 Å². The smallest absolute Gasteiger partial charge is 0.193 e. The van der Waals surface area contributed by atoms with Gasteiger partial charge in [-0.15, -0.1) is 24.0 Å². The first-order valence-electron chi connectivity index (χ1n) is 8.96. The molecule has 1 unspecified atom stereocenters. The number of ether oxygens (including phenoxy) is 2. The average Bonchev–Trinajstić information content (AvgIpc) is 2.66. The summed E-state index contributed by atoms with van der Waals surface area (Å²) in [5.41, 5.74) is 7.88. The number of hydrogen-bond donors (Lipinski definition) is 3. The number of benzene rings is 2. The van der Waals surface area contributed by atoms with Crippen molar-refractivity contribution in [3.63, 3.8) is 0 Å². The van der Waals surface area contributed by atoms with Crippen molar-refractivity contribution in [2.45, 2.75) is 32.4 Å². The predicted octanol–water partition coefficient (Wildman–Crippen LogP) is 4.18. The van der Waals surface area contributed by atoms with Gasteiger partial charge in [0.1, 0.15) is 0 Å². The molecular weight excluding hydrogens is 467 g/mol. The summed E-state index contributed by atoms with van der Waals surface area (Å²) in [6.45, 7) is 6.90. The molecule has 0 aliphatic heterocycles. The Morgan fingerprint density at radius 2 is 1.71 bits per heavy atom. The normalized spacial score (nSPS) is 12.7. The van der Waals surface area contributed by atoms with Crippen LogP contribution in [-0.4, -0.2) is 32.3 Å². The van der Waals surface area contributed by atoms with Crippen LogP contribution in [0, 0.1) is 0 Å². The molecule has 154 valence electrons. The molecule has 0 bridgehead atoms. The van der Waals surface area contributed by atoms with Crippen LogP contribution in [0.1, 0.15) is 32.4 Å². The van der Waals surface area contributed by atoms with Gasteiger partial charge in [-0.2, -0.15) is 0 Å². The third kappa shape index (κ3) is 7.20. The van der Waals surface area contributed by atoms with E-state index in [1.165, 1.54) is 5.56 Å². The number of hydrogen-bond acceptors (Lipinski definition) is 4. The standard InChI is InChI=1S/C21H30N4O2.HI/c1-15(16-9-7-6-8-10-16)25-21(2,3)14-23-20(22)24-17-11-12-18(26-4)19(13-17)27-5;/h6-13,15,25H,14H2,1-5H3,(H3,22,23,24);1H. The molecule has 0 amide bonds. The fourth-order valence-corrected chi connectivity index (χ4v) is 2.84. The minimum Gasteiger partial charge on any atom is -0.493 e. The van der Waals surface area contributed by atoms with E-state index in [2.05, 4.69) is 48.5 Å². The van der Waals surface area contributed by atoms with Gasteiger partial charge in [0, 0.05) is 23.3 Å². The van der Waals surface area contributed by atoms with Crippen molar-refractivity contribution in [2.75, 3.05) is 26.1 Å². The van der Waals surface area contributed by atoms with Gasteiger partial charge in [-0.1, -0.05) is 30.3 Å². The van der Waals surface area contributed by atoms with Crippen LogP contribution in [0.2, 0.25) is 0 Å². The maximum atomic E-state index is 6.06. The highest BCUT2D eigenvalue weighted by atomic mass is 127. The van der Waals surface area contributed by atoms with E-state index in [0.717, 1.165) is 5.69 Å². The molecule has 4 N–H and O–H groups in total. The molecule has 28 heavy (non-hydrogen) atoms. The molecule has 0 aliphatic rings. The van der Waals surface area contributed by atoms with Crippen molar-refractivity contribution in [1.29, 1.82) is 0 Å². The van der Waals surface area contributed by atoms with Gasteiger partial charge in [-0.25, -0.2) is 0 Å². The van der Waals surface area contributed by atoms with Crippen LogP contribution in [-0.2, 0) is 0 Å². The number of nitrogens with one attached hydrogen (secondary N) is 2. The highest BCUT2D eigenvalue weighted by Gasteiger charge is 2.20. The molecule has 7 heteroatoms. The molecule has 0 radical (unpaired) electrons. The van der Waals surface area contributed by atoms with E-state index in [-0.39, 0.29) is 35.6 Å². The average molecular weight is 498 g/mol. The van der Waals surface area contributed by atoms with E-state index in [1.807, 2.05) is 36.4 Å². The summed E-state index contributed by atoms with van der Waals surface area (Å²) in [6, 6.07) is 16.1. The van der Waals surface area contributed by atoms with Crippen molar-refractivity contribution >= 4 is 35.6 Å². The van der Waals surface area contributed by atoms with E-state index in [1.54, 1.807) is 14.2 Å². The minimum absolute atomic E-state index is 0. The fourth-order valence-electron chi connectivity index (χ4n) is 2.84. The largest absolute Gasteiger partial charge is 0.493 e. The predicted molar refractivity (Wildman–Crippen MR) is 127 cm³/mol. The van der Waals surface area contributed by atoms with Gasteiger partial charge in [-0.3, -0.25) is 4.99 Å². The Kier molecular flexibility index (Phi) is 9.54. The summed E-state index contributed by atoms with van der Waals surface area (Å²) in [5.74, 6) is 1.65. The molecule has 2 aromatic carbocycles. The van der Waals surface area contributed by atoms with Crippen molar-refractivity contribution < 1.29 is 9.47 Å². The van der Waals surface area contributed by atoms with Gasteiger partial charge >= 0.3 is 0 Å². The fraction of sp³-hybridized carbons (Fsp3) is 0.381. The first kappa shape index (κ1) is 24.0. The summed E-state index contributed by atoms with van der Waals surface area (Å²) >= 11 is 0. The number of nitrogens with zero attached hydrogens (tertiary/aromatic N) is 1. The van der Waals surface area contributed by atoms with Gasteiger partial charge in [0.05, 0.1) is 20.8 Å². The summed E-state index contributed by atoms with van der Waals surface area (Å²) in [4.78, 5) is 4.48. The van der Waals surface area contributed by atoms with E-state index >= 15 is 0 Å². The van der Waals surface area contributed by atoms with E-state index in [9.17, 15) is 0 Å². The Morgan fingerprint density at radius 1 is 1.07 bits per heavy atom. The molecule has 0 saturated carbocycles. The van der Waals surface area contributed by atoms with Crippen LogP contribution in [0.3, 0.4) is 0 Å². The van der Waals surface area contributed by atoms with E-state index < -0.39 is 0 Å². The second-order valence-electron chi connectivity index (χ2n) is 7.06. The molecule has 6 nitrogen and oxygen atoms in total. The molecule has 0 saturated heterocycles. The van der Waals surface area contributed by atoms with Crippen molar-refractivity contribution in [1.82, 2.24) is 5.32 Å². The maximum absolute atomic E-state index is 6.06. The second-order valence-corrected chi connectivity index (χ2v) is 7.06. The first-order chi connectivity index (χ1) is 12.8. The van der Waals surface area contributed by atoms with Gasteiger partial charge in [0.25, 0.3) is 0 Å². The van der Waals surface area contributed by atoms with E-state index in [0.29, 0.717) is 24.0 Å². The molecule has 1 atom stereocenters. The zero-order valence-electron chi connectivity index (χ0n) is 17.2. The zero-order chi connectivity index (χ0) is 19.9. The van der Waals surface area contributed by atoms with E-state index in [4.69, 9.17) is 15.2 Å². The van der Waals surface area contributed by atoms with Crippen molar-refractivity contribution in [2.24, 2.45) is 10.7 Å². The highest BCUT2D eigenvalue weighted by Crippen LogP contribution is 2.29. The Morgan fingerprint density at radius 3 is 2.32 bits per heavy atom. The molecule has 0 spiro atoms. The third-order valence-corrected chi connectivity index (χ3v) is 4.21. The van der Waals surface area contributed by atoms with Crippen molar-refractivity contribution in [3.8, 4) is 11.5 Å². The number of anilines is 1. The number of rotatable bonds is 8. The lowest BCUT2D eigenvalue weighted by molar-refractivity contribution is 0.355. The van der Waals surface area contributed by atoms with Crippen LogP contribution in [0.5, 0.6) is 11.5 Å². The summed E-state index contributed by atoms with van der Waals surface area (Å²) < 4.78 is 10.5. The lowest BCUT2D eigenvalue weighted by atomic mass is 10.0. The lowest BCUT2D eigenvalue weighted by Crippen LogP contribution is -2.44.